The monoisotopic (exact) mass is 482 g/mol. The van der Waals surface area contributed by atoms with Crippen LogP contribution >= 0.6 is 34.5 Å². The van der Waals surface area contributed by atoms with Crippen LogP contribution in [0.2, 0.25) is 10.0 Å². The lowest BCUT2D eigenvalue weighted by molar-refractivity contribution is -0.122. The Hall–Kier alpha value is -2.86. The summed E-state index contributed by atoms with van der Waals surface area (Å²) >= 11 is 13.6. The standard InChI is InChI=1S/C25H20Cl2N2O2S/c1-15-5-3-4-6-20(15)25-29-22(14-32-25)17-7-10-19(11-8-17)28-24(30)16(2)31-23-12-9-18(26)13-21(23)27/h3-14,16H,1-2H3,(H,28,30). The molecule has 1 unspecified atom stereocenters. The topological polar surface area (TPSA) is 51.2 Å². The number of halogens is 2. The van der Waals surface area contributed by atoms with Crippen molar-refractivity contribution in [3.63, 3.8) is 0 Å². The molecule has 0 spiro atoms. The first-order chi connectivity index (χ1) is 15.4. The number of carbonyl (C=O) groups excluding carboxylic acids is 1. The van der Waals surface area contributed by atoms with E-state index in [-0.39, 0.29) is 5.91 Å². The molecular weight excluding hydrogens is 463 g/mol. The van der Waals surface area contributed by atoms with Crippen molar-refractivity contribution in [3.8, 4) is 27.6 Å². The van der Waals surface area contributed by atoms with Crippen LogP contribution in [0.1, 0.15) is 12.5 Å². The molecule has 1 aromatic heterocycles. The number of ether oxygens (including phenoxy) is 1. The van der Waals surface area contributed by atoms with Crippen LogP contribution in [0, 0.1) is 6.92 Å². The van der Waals surface area contributed by atoms with Crippen molar-refractivity contribution in [1.29, 1.82) is 0 Å². The van der Waals surface area contributed by atoms with Gasteiger partial charge < -0.3 is 10.1 Å². The van der Waals surface area contributed by atoms with E-state index in [0.717, 1.165) is 21.8 Å². The highest BCUT2D eigenvalue weighted by molar-refractivity contribution is 7.13. The molecule has 1 N–H and O–H groups in total. The highest BCUT2D eigenvalue weighted by Crippen LogP contribution is 2.31. The van der Waals surface area contributed by atoms with E-state index in [1.807, 2.05) is 41.8 Å². The fraction of sp³-hybridized carbons (Fsp3) is 0.120. The van der Waals surface area contributed by atoms with Crippen molar-refractivity contribution >= 4 is 46.1 Å². The van der Waals surface area contributed by atoms with E-state index < -0.39 is 6.10 Å². The molecule has 0 radical (unpaired) electrons. The molecule has 0 aliphatic carbocycles. The normalized spacial score (nSPS) is 11.8. The summed E-state index contributed by atoms with van der Waals surface area (Å²) in [6.07, 6.45) is -0.733. The van der Waals surface area contributed by atoms with Crippen LogP contribution in [0.3, 0.4) is 0 Å². The molecule has 32 heavy (non-hydrogen) atoms. The lowest BCUT2D eigenvalue weighted by Gasteiger charge is -2.16. The Kier molecular flexibility index (Phi) is 6.80. The van der Waals surface area contributed by atoms with Crippen LogP contribution in [0.15, 0.2) is 72.1 Å². The second kappa shape index (κ2) is 9.74. The minimum absolute atomic E-state index is 0.278. The summed E-state index contributed by atoms with van der Waals surface area (Å²) < 4.78 is 5.67. The van der Waals surface area contributed by atoms with Crippen LogP contribution < -0.4 is 10.1 Å². The van der Waals surface area contributed by atoms with Crippen molar-refractivity contribution in [3.05, 3.63) is 87.7 Å². The number of rotatable bonds is 6. The molecule has 1 atom stereocenters. The zero-order valence-corrected chi connectivity index (χ0v) is 19.8. The number of nitrogens with one attached hydrogen (secondary N) is 1. The van der Waals surface area contributed by atoms with Gasteiger partial charge in [0, 0.05) is 27.2 Å². The van der Waals surface area contributed by atoms with Crippen LogP contribution in [-0.4, -0.2) is 17.0 Å². The van der Waals surface area contributed by atoms with Crippen molar-refractivity contribution in [2.75, 3.05) is 5.32 Å². The van der Waals surface area contributed by atoms with E-state index in [0.29, 0.717) is 21.5 Å². The average molecular weight is 483 g/mol. The Morgan fingerprint density at radius 1 is 1.06 bits per heavy atom. The smallest absolute Gasteiger partial charge is 0.265 e. The van der Waals surface area contributed by atoms with Gasteiger partial charge in [-0.15, -0.1) is 11.3 Å². The summed E-state index contributed by atoms with van der Waals surface area (Å²) in [7, 11) is 0. The van der Waals surface area contributed by atoms with Gasteiger partial charge in [-0.25, -0.2) is 4.98 Å². The summed E-state index contributed by atoms with van der Waals surface area (Å²) in [5.74, 6) is 0.126. The molecule has 1 amide bonds. The van der Waals surface area contributed by atoms with E-state index in [4.69, 9.17) is 32.9 Å². The predicted octanol–water partition coefficient (Wildman–Crippen LogP) is 7.50. The second-order valence-electron chi connectivity index (χ2n) is 7.25. The number of anilines is 1. The number of benzene rings is 3. The quantitative estimate of drug-likeness (QED) is 0.309. The van der Waals surface area contributed by atoms with Gasteiger partial charge >= 0.3 is 0 Å². The minimum Gasteiger partial charge on any atom is -0.479 e. The summed E-state index contributed by atoms with van der Waals surface area (Å²) in [5.41, 5.74) is 4.90. The summed E-state index contributed by atoms with van der Waals surface area (Å²) in [5, 5.41) is 6.75. The minimum atomic E-state index is -0.733. The zero-order valence-electron chi connectivity index (χ0n) is 17.4. The Labute approximate surface area is 200 Å². The number of thiazole rings is 1. The van der Waals surface area contributed by atoms with Gasteiger partial charge in [0.2, 0.25) is 0 Å². The van der Waals surface area contributed by atoms with E-state index in [1.54, 1.807) is 36.5 Å². The SMILES string of the molecule is Cc1ccccc1-c1nc(-c2ccc(NC(=O)C(C)Oc3ccc(Cl)cc3Cl)cc2)cs1. The summed E-state index contributed by atoms with van der Waals surface area (Å²) in [4.78, 5) is 17.3. The Balaban J connectivity index is 1.41. The van der Waals surface area contributed by atoms with Gasteiger partial charge in [0.25, 0.3) is 5.91 Å². The number of aryl methyl sites for hydroxylation is 1. The molecular formula is C25H20Cl2N2O2S. The molecule has 0 aliphatic heterocycles. The molecule has 0 saturated carbocycles. The molecule has 0 fully saturated rings. The molecule has 1 heterocycles. The lowest BCUT2D eigenvalue weighted by Crippen LogP contribution is -2.30. The van der Waals surface area contributed by atoms with Gasteiger partial charge in [-0.05, 0) is 49.7 Å². The predicted molar refractivity (Wildman–Crippen MR) is 133 cm³/mol. The first-order valence-electron chi connectivity index (χ1n) is 9.95. The summed E-state index contributed by atoms with van der Waals surface area (Å²) in [6, 6.07) is 20.7. The number of amides is 1. The molecule has 7 heteroatoms. The molecule has 4 aromatic rings. The number of hydrogen-bond acceptors (Lipinski definition) is 4. The number of nitrogens with zero attached hydrogens (tertiary/aromatic N) is 1. The fourth-order valence-electron chi connectivity index (χ4n) is 3.13. The van der Waals surface area contributed by atoms with Crippen molar-refractivity contribution in [2.45, 2.75) is 20.0 Å². The van der Waals surface area contributed by atoms with Crippen LogP contribution in [-0.2, 0) is 4.79 Å². The van der Waals surface area contributed by atoms with Crippen LogP contribution in [0.4, 0.5) is 5.69 Å². The third-order valence-corrected chi connectivity index (χ3v) is 6.30. The Morgan fingerprint density at radius 3 is 2.53 bits per heavy atom. The highest BCUT2D eigenvalue weighted by atomic mass is 35.5. The molecule has 162 valence electrons. The van der Waals surface area contributed by atoms with Gasteiger partial charge in [-0.1, -0.05) is 59.6 Å². The second-order valence-corrected chi connectivity index (χ2v) is 8.96. The summed E-state index contributed by atoms with van der Waals surface area (Å²) in [6.45, 7) is 3.75. The first-order valence-corrected chi connectivity index (χ1v) is 11.6. The van der Waals surface area contributed by atoms with Crippen LogP contribution in [0.25, 0.3) is 21.8 Å². The fourth-order valence-corrected chi connectivity index (χ4v) is 4.50. The zero-order chi connectivity index (χ0) is 22.7. The maximum atomic E-state index is 12.5. The molecule has 0 bridgehead atoms. The lowest BCUT2D eigenvalue weighted by atomic mass is 10.1. The van der Waals surface area contributed by atoms with Gasteiger partial charge in [-0.2, -0.15) is 0 Å². The van der Waals surface area contributed by atoms with E-state index in [2.05, 4.69) is 24.4 Å². The van der Waals surface area contributed by atoms with Gasteiger partial charge in [-0.3, -0.25) is 4.79 Å². The van der Waals surface area contributed by atoms with Crippen LogP contribution in [0.5, 0.6) is 5.75 Å². The van der Waals surface area contributed by atoms with Crippen molar-refractivity contribution in [1.82, 2.24) is 4.98 Å². The molecule has 0 saturated heterocycles. The number of aromatic nitrogens is 1. The maximum Gasteiger partial charge on any atom is 0.265 e. The average Bonchev–Trinajstić information content (AvgIpc) is 3.26. The molecule has 4 nitrogen and oxygen atoms in total. The maximum absolute atomic E-state index is 12.5. The van der Waals surface area contributed by atoms with Crippen molar-refractivity contribution < 1.29 is 9.53 Å². The highest BCUT2D eigenvalue weighted by Gasteiger charge is 2.17. The third-order valence-electron chi connectivity index (χ3n) is 4.89. The molecule has 0 aliphatic rings. The Morgan fingerprint density at radius 2 is 1.81 bits per heavy atom. The van der Waals surface area contributed by atoms with E-state index in [1.165, 1.54) is 5.56 Å². The van der Waals surface area contributed by atoms with Gasteiger partial charge in [0.15, 0.2) is 6.10 Å². The van der Waals surface area contributed by atoms with E-state index >= 15 is 0 Å². The van der Waals surface area contributed by atoms with Crippen molar-refractivity contribution in [2.24, 2.45) is 0 Å². The Bertz CT molecular complexity index is 1260. The number of hydrogen-bond donors (Lipinski definition) is 1. The first kappa shape index (κ1) is 22.3. The molecule has 4 rings (SSSR count). The van der Waals surface area contributed by atoms with Gasteiger partial charge in [0.1, 0.15) is 10.8 Å². The molecule has 3 aromatic carbocycles. The third kappa shape index (κ3) is 5.13. The van der Waals surface area contributed by atoms with E-state index in [9.17, 15) is 4.79 Å². The largest absolute Gasteiger partial charge is 0.479 e. The number of carbonyl (C=O) groups is 1. The van der Waals surface area contributed by atoms with Gasteiger partial charge in [0.05, 0.1) is 10.7 Å².